The van der Waals surface area contributed by atoms with E-state index in [0.717, 1.165) is 24.6 Å². The highest BCUT2D eigenvalue weighted by Crippen LogP contribution is 2.30. The molecule has 0 unspecified atom stereocenters. The first-order valence-corrected chi connectivity index (χ1v) is 6.74. The number of nitrogens with one attached hydrogen (secondary N) is 1. The van der Waals surface area contributed by atoms with Crippen LogP contribution in [-0.2, 0) is 0 Å². The van der Waals surface area contributed by atoms with Gasteiger partial charge in [0, 0.05) is 6.54 Å². The van der Waals surface area contributed by atoms with Gasteiger partial charge in [0.25, 0.3) is 0 Å². The van der Waals surface area contributed by atoms with Crippen molar-refractivity contribution in [2.75, 3.05) is 17.6 Å². The minimum Gasteiger partial charge on any atom is -0.397 e. The molecule has 0 radical (unpaired) electrons. The Morgan fingerprint density at radius 3 is 2.47 bits per heavy atom. The molecule has 0 spiro atoms. The van der Waals surface area contributed by atoms with Crippen LogP contribution in [0.1, 0.15) is 33.1 Å². The van der Waals surface area contributed by atoms with Gasteiger partial charge in [0.2, 0.25) is 0 Å². The molecule has 0 bridgehead atoms. The van der Waals surface area contributed by atoms with Crippen LogP contribution in [0.2, 0.25) is 10.0 Å². The quantitative estimate of drug-likeness (QED) is 0.577. The summed E-state index contributed by atoms with van der Waals surface area (Å²) in [4.78, 5) is 0. The van der Waals surface area contributed by atoms with Crippen LogP contribution < -0.4 is 11.1 Å². The van der Waals surface area contributed by atoms with Crippen molar-refractivity contribution < 1.29 is 0 Å². The molecule has 0 amide bonds. The van der Waals surface area contributed by atoms with Gasteiger partial charge in [0.1, 0.15) is 0 Å². The fourth-order valence-corrected chi connectivity index (χ4v) is 1.95. The van der Waals surface area contributed by atoms with Gasteiger partial charge in [-0.3, -0.25) is 0 Å². The smallest absolute Gasteiger partial charge is 0.0614 e. The Kier molecular flexibility index (Phi) is 5.93. The maximum absolute atomic E-state index is 5.94. The Labute approximate surface area is 113 Å². The van der Waals surface area contributed by atoms with Gasteiger partial charge in [-0.15, -0.1) is 0 Å². The molecule has 1 rings (SSSR count). The molecule has 0 aliphatic heterocycles. The standard InChI is InChI=1S/C13H20Cl2N2/c1-9(2)5-3-4-6-17-13-8-11(15)10(14)7-12(13)16/h7-9,17H,3-6,16H2,1-2H3. The molecule has 0 atom stereocenters. The molecular formula is C13H20Cl2N2. The summed E-state index contributed by atoms with van der Waals surface area (Å²) >= 11 is 11.8. The number of unbranched alkanes of at least 4 members (excludes halogenated alkanes) is 1. The molecule has 1 aromatic rings. The van der Waals surface area contributed by atoms with Crippen LogP contribution >= 0.6 is 23.2 Å². The van der Waals surface area contributed by atoms with Crippen molar-refractivity contribution in [3.63, 3.8) is 0 Å². The second-order valence-corrected chi connectivity index (χ2v) is 5.48. The fourth-order valence-electron chi connectivity index (χ4n) is 1.62. The van der Waals surface area contributed by atoms with Gasteiger partial charge < -0.3 is 11.1 Å². The van der Waals surface area contributed by atoms with Gasteiger partial charge in [-0.25, -0.2) is 0 Å². The van der Waals surface area contributed by atoms with E-state index in [9.17, 15) is 0 Å². The average Bonchev–Trinajstić information content (AvgIpc) is 2.24. The molecule has 2 nitrogen and oxygen atoms in total. The van der Waals surface area contributed by atoms with Crippen molar-refractivity contribution in [3.05, 3.63) is 22.2 Å². The number of hydrogen-bond donors (Lipinski definition) is 2. The molecule has 0 aliphatic rings. The first-order valence-electron chi connectivity index (χ1n) is 5.99. The lowest BCUT2D eigenvalue weighted by atomic mass is 10.1. The summed E-state index contributed by atoms with van der Waals surface area (Å²) in [6.07, 6.45) is 3.63. The number of anilines is 2. The Bertz CT molecular complexity index is 365. The van der Waals surface area contributed by atoms with E-state index in [1.807, 2.05) is 0 Å². The normalized spacial score (nSPS) is 10.9. The van der Waals surface area contributed by atoms with E-state index in [0.29, 0.717) is 15.7 Å². The summed E-state index contributed by atoms with van der Waals surface area (Å²) in [5.74, 6) is 0.769. The van der Waals surface area contributed by atoms with E-state index in [1.54, 1.807) is 12.1 Å². The molecule has 0 aromatic heterocycles. The minimum atomic E-state index is 0.495. The lowest BCUT2D eigenvalue weighted by Crippen LogP contribution is -2.04. The highest BCUT2D eigenvalue weighted by Gasteiger charge is 2.04. The van der Waals surface area contributed by atoms with E-state index in [4.69, 9.17) is 28.9 Å². The predicted octanol–water partition coefficient (Wildman–Crippen LogP) is 4.81. The third-order valence-corrected chi connectivity index (χ3v) is 3.34. The summed E-state index contributed by atoms with van der Waals surface area (Å²) in [6, 6.07) is 3.46. The number of hydrogen-bond acceptors (Lipinski definition) is 2. The van der Waals surface area contributed by atoms with Crippen molar-refractivity contribution in [1.29, 1.82) is 0 Å². The fraction of sp³-hybridized carbons (Fsp3) is 0.538. The first kappa shape index (κ1) is 14.5. The summed E-state index contributed by atoms with van der Waals surface area (Å²) in [6.45, 7) is 5.39. The van der Waals surface area contributed by atoms with Crippen LogP contribution in [0.5, 0.6) is 0 Å². The zero-order valence-corrected chi connectivity index (χ0v) is 11.9. The number of benzene rings is 1. The number of rotatable bonds is 6. The zero-order valence-electron chi connectivity index (χ0n) is 10.4. The minimum absolute atomic E-state index is 0.495. The monoisotopic (exact) mass is 274 g/mol. The molecule has 0 fully saturated rings. The van der Waals surface area contributed by atoms with Gasteiger partial charge in [0.05, 0.1) is 21.4 Å². The molecule has 96 valence electrons. The van der Waals surface area contributed by atoms with Crippen molar-refractivity contribution in [2.24, 2.45) is 5.92 Å². The zero-order chi connectivity index (χ0) is 12.8. The second-order valence-electron chi connectivity index (χ2n) is 4.67. The Morgan fingerprint density at radius 1 is 1.18 bits per heavy atom. The number of nitrogen functional groups attached to an aromatic ring is 1. The van der Waals surface area contributed by atoms with Crippen LogP contribution in [0.25, 0.3) is 0 Å². The molecule has 17 heavy (non-hydrogen) atoms. The van der Waals surface area contributed by atoms with Gasteiger partial charge >= 0.3 is 0 Å². The molecule has 0 aliphatic carbocycles. The molecular weight excluding hydrogens is 255 g/mol. The maximum atomic E-state index is 5.94. The summed E-state index contributed by atoms with van der Waals surface area (Å²) in [7, 11) is 0. The lowest BCUT2D eigenvalue weighted by Gasteiger charge is -2.11. The first-order chi connectivity index (χ1) is 8.00. The molecule has 3 N–H and O–H groups in total. The van der Waals surface area contributed by atoms with Crippen LogP contribution in [-0.4, -0.2) is 6.54 Å². The summed E-state index contributed by atoms with van der Waals surface area (Å²) < 4.78 is 0. The van der Waals surface area contributed by atoms with Gasteiger partial charge in [-0.2, -0.15) is 0 Å². The molecule has 0 saturated carbocycles. The summed E-state index contributed by atoms with van der Waals surface area (Å²) in [5, 5.41) is 4.31. The van der Waals surface area contributed by atoms with Crippen LogP contribution in [0.15, 0.2) is 12.1 Å². The second kappa shape index (κ2) is 6.97. The van der Waals surface area contributed by atoms with Crippen LogP contribution in [0.4, 0.5) is 11.4 Å². The van der Waals surface area contributed by atoms with Crippen molar-refractivity contribution in [2.45, 2.75) is 33.1 Å². The van der Waals surface area contributed by atoms with Crippen molar-refractivity contribution in [1.82, 2.24) is 0 Å². The topological polar surface area (TPSA) is 38.0 Å². The largest absolute Gasteiger partial charge is 0.397 e. The van der Waals surface area contributed by atoms with Crippen molar-refractivity contribution in [3.8, 4) is 0 Å². The van der Waals surface area contributed by atoms with Gasteiger partial charge in [-0.05, 0) is 24.5 Å². The van der Waals surface area contributed by atoms with E-state index >= 15 is 0 Å². The Hall–Kier alpha value is -0.600. The van der Waals surface area contributed by atoms with E-state index in [1.165, 1.54) is 12.8 Å². The number of nitrogens with two attached hydrogens (primary N) is 1. The molecule has 0 heterocycles. The molecule has 4 heteroatoms. The lowest BCUT2D eigenvalue weighted by molar-refractivity contribution is 0.545. The molecule has 1 aromatic carbocycles. The third kappa shape index (κ3) is 5.05. The average molecular weight is 275 g/mol. The Balaban J connectivity index is 2.39. The maximum Gasteiger partial charge on any atom is 0.0614 e. The third-order valence-electron chi connectivity index (χ3n) is 2.62. The van der Waals surface area contributed by atoms with Crippen LogP contribution in [0, 0.1) is 5.92 Å². The Morgan fingerprint density at radius 2 is 1.82 bits per heavy atom. The number of halogens is 2. The van der Waals surface area contributed by atoms with Gasteiger partial charge in [-0.1, -0.05) is 49.9 Å². The SMILES string of the molecule is CC(C)CCCCNc1cc(Cl)c(Cl)cc1N. The van der Waals surface area contributed by atoms with Gasteiger partial charge in [0.15, 0.2) is 0 Å². The van der Waals surface area contributed by atoms with E-state index < -0.39 is 0 Å². The van der Waals surface area contributed by atoms with E-state index in [-0.39, 0.29) is 0 Å². The van der Waals surface area contributed by atoms with Crippen LogP contribution in [0.3, 0.4) is 0 Å². The predicted molar refractivity (Wildman–Crippen MR) is 78.1 cm³/mol. The van der Waals surface area contributed by atoms with Crippen molar-refractivity contribution >= 4 is 34.6 Å². The highest BCUT2D eigenvalue weighted by molar-refractivity contribution is 6.42. The summed E-state index contributed by atoms with van der Waals surface area (Å²) in [5.41, 5.74) is 7.35. The highest BCUT2D eigenvalue weighted by atomic mass is 35.5. The molecule has 0 saturated heterocycles. The van der Waals surface area contributed by atoms with E-state index in [2.05, 4.69) is 19.2 Å².